The topological polar surface area (TPSA) is 54.0 Å². The van der Waals surface area contributed by atoms with E-state index in [1.165, 1.54) is 0 Å². The maximum Gasteiger partial charge on any atom is 0.239 e. The Morgan fingerprint density at radius 2 is 2.31 bits per heavy atom. The summed E-state index contributed by atoms with van der Waals surface area (Å²) in [7, 11) is 0. The summed E-state index contributed by atoms with van der Waals surface area (Å²) >= 11 is 3.35. The highest BCUT2D eigenvalue weighted by Crippen LogP contribution is 2.19. The third-order valence-corrected chi connectivity index (χ3v) is 2.55. The number of hydrogen-bond acceptors (Lipinski definition) is 3. The monoisotopic (exact) mass is 285 g/mol. The number of amides is 1. The molecule has 88 valence electrons. The summed E-state index contributed by atoms with van der Waals surface area (Å²) in [6.07, 6.45) is 3.37. The van der Waals surface area contributed by atoms with Gasteiger partial charge in [-0.3, -0.25) is 9.78 Å². The standard InChI is InChI=1S/C11H16BrN3O/c1-8(2)5-15-11(16)7-14-10-3-4-13-6-9(10)12/h3-4,6,8H,5,7H2,1-2H3,(H,13,14)(H,15,16). The summed E-state index contributed by atoms with van der Waals surface area (Å²) in [5, 5.41) is 5.88. The Kier molecular flexibility index (Phi) is 5.25. The summed E-state index contributed by atoms with van der Waals surface area (Å²) in [5.74, 6) is 0.467. The molecule has 1 aromatic heterocycles. The van der Waals surface area contributed by atoms with Crippen molar-refractivity contribution < 1.29 is 4.79 Å². The Morgan fingerprint density at radius 1 is 1.56 bits per heavy atom. The van der Waals surface area contributed by atoms with Gasteiger partial charge >= 0.3 is 0 Å². The second-order valence-electron chi connectivity index (χ2n) is 3.91. The molecule has 2 N–H and O–H groups in total. The van der Waals surface area contributed by atoms with E-state index in [9.17, 15) is 4.79 Å². The molecule has 0 radical (unpaired) electrons. The summed E-state index contributed by atoms with van der Waals surface area (Å²) in [6.45, 7) is 5.10. The molecule has 0 bridgehead atoms. The maximum absolute atomic E-state index is 11.4. The lowest BCUT2D eigenvalue weighted by atomic mass is 10.2. The van der Waals surface area contributed by atoms with E-state index >= 15 is 0 Å². The molecule has 1 heterocycles. The first kappa shape index (κ1) is 13.0. The highest BCUT2D eigenvalue weighted by molar-refractivity contribution is 9.10. The minimum absolute atomic E-state index is 0.00240. The molecule has 4 nitrogen and oxygen atoms in total. The van der Waals surface area contributed by atoms with Crippen molar-refractivity contribution in [1.29, 1.82) is 0 Å². The highest BCUT2D eigenvalue weighted by Gasteiger charge is 2.03. The van der Waals surface area contributed by atoms with Gasteiger partial charge in [0.25, 0.3) is 0 Å². The Bertz CT molecular complexity index is 355. The molecule has 0 spiro atoms. The van der Waals surface area contributed by atoms with Crippen LogP contribution in [0.25, 0.3) is 0 Å². The van der Waals surface area contributed by atoms with Crippen molar-refractivity contribution in [2.24, 2.45) is 5.92 Å². The van der Waals surface area contributed by atoms with Crippen molar-refractivity contribution >= 4 is 27.5 Å². The molecule has 0 saturated carbocycles. The van der Waals surface area contributed by atoms with Crippen LogP contribution in [-0.4, -0.2) is 24.0 Å². The number of nitrogens with one attached hydrogen (secondary N) is 2. The molecule has 0 aliphatic rings. The summed E-state index contributed by atoms with van der Waals surface area (Å²) in [4.78, 5) is 15.4. The molecule has 16 heavy (non-hydrogen) atoms. The molecular weight excluding hydrogens is 270 g/mol. The van der Waals surface area contributed by atoms with Gasteiger partial charge in [-0.15, -0.1) is 0 Å². The van der Waals surface area contributed by atoms with Gasteiger partial charge in [-0.25, -0.2) is 0 Å². The van der Waals surface area contributed by atoms with E-state index in [4.69, 9.17) is 0 Å². The Morgan fingerprint density at radius 3 is 2.94 bits per heavy atom. The smallest absolute Gasteiger partial charge is 0.239 e. The maximum atomic E-state index is 11.4. The van der Waals surface area contributed by atoms with Crippen LogP contribution in [-0.2, 0) is 4.79 Å². The number of halogens is 1. The second kappa shape index (κ2) is 6.48. The van der Waals surface area contributed by atoms with E-state index in [-0.39, 0.29) is 12.5 Å². The van der Waals surface area contributed by atoms with Crippen molar-refractivity contribution in [2.45, 2.75) is 13.8 Å². The normalized spacial score (nSPS) is 10.2. The van der Waals surface area contributed by atoms with Crippen molar-refractivity contribution in [1.82, 2.24) is 10.3 Å². The number of carbonyl (C=O) groups excluding carboxylic acids is 1. The van der Waals surface area contributed by atoms with Crippen LogP contribution < -0.4 is 10.6 Å². The predicted molar refractivity (Wildman–Crippen MR) is 68.3 cm³/mol. The third kappa shape index (κ3) is 4.61. The lowest BCUT2D eigenvalue weighted by Crippen LogP contribution is -2.32. The quantitative estimate of drug-likeness (QED) is 0.870. The fraction of sp³-hybridized carbons (Fsp3) is 0.455. The van der Waals surface area contributed by atoms with Crippen molar-refractivity contribution in [3.8, 4) is 0 Å². The molecule has 5 heteroatoms. The lowest BCUT2D eigenvalue weighted by Gasteiger charge is -2.10. The van der Waals surface area contributed by atoms with Gasteiger partial charge in [-0.2, -0.15) is 0 Å². The largest absolute Gasteiger partial charge is 0.375 e. The fourth-order valence-corrected chi connectivity index (χ4v) is 1.47. The zero-order chi connectivity index (χ0) is 12.0. The second-order valence-corrected chi connectivity index (χ2v) is 4.76. The molecule has 0 aromatic carbocycles. The number of hydrogen-bond donors (Lipinski definition) is 2. The summed E-state index contributed by atoms with van der Waals surface area (Å²) in [5.41, 5.74) is 0.870. The fourth-order valence-electron chi connectivity index (χ4n) is 1.07. The number of carbonyl (C=O) groups is 1. The number of rotatable bonds is 5. The van der Waals surface area contributed by atoms with Crippen LogP contribution in [0.15, 0.2) is 22.9 Å². The van der Waals surface area contributed by atoms with Crippen LogP contribution in [0.3, 0.4) is 0 Å². The molecule has 0 saturated heterocycles. The van der Waals surface area contributed by atoms with Gasteiger partial charge < -0.3 is 10.6 Å². The van der Waals surface area contributed by atoms with E-state index in [0.29, 0.717) is 12.5 Å². The first-order valence-electron chi connectivity index (χ1n) is 5.19. The molecule has 0 aliphatic carbocycles. The molecule has 0 unspecified atom stereocenters. The van der Waals surface area contributed by atoms with Crippen LogP contribution in [0.1, 0.15) is 13.8 Å². The number of anilines is 1. The molecule has 0 aliphatic heterocycles. The zero-order valence-electron chi connectivity index (χ0n) is 9.46. The summed E-state index contributed by atoms with van der Waals surface area (Å²) in [6, 6.07) is 1.82. The van der Waals surface area contributed by atoms with Gasteiger partial charge in [0.1, 0.15) is 0 Å². The Hall–Kier alpha value is -1.10. The van der Waals surface area contributed by atoms with Gasteiger partial charge in [0.15, 0.2) is 0 Å². The average molecular weight is 286 g/mol. The van der Waals surface area contributed by atoms with Gasteiger partial charge in [-0.05, 0) is 27.9 Å². The lowest BCUT2D eigenvalue weighted by molar-refractivity contribution is -0.119. The number of nitrogens with zero attached hydrogens (tertiary/aromatic N) is 1. The van der Waals surface area contributed by atoms with Crippen LogP contribution in [0.2, 0.25) is 0 Å². The first-order chi connectivity index (χ1) is 7.59. The number of pyridine rings is 1. The van der Waals surface area contributed by atoms with Gasteiger partial charge in [0.05, 0.1) is 16.7 Å². The molecular formula is C11H16BrN3O. The van der Waals surface area contributed by atoms with Crippen LogP contribution in [0.5, 0.6) is 0 Å². The van der Waals surface area contributed by atoms with E-state index in [0.717, 1.165) is 10.2 Å². The predicted octanol–water partition coefficient (Wildman–Crippen LogP) is 2.03. The SMILES string of the molecule is CC(C)CNC(=O)CNc1ccncc1Br. The molecule has 1 amide bonds. The van der Waals surface area contributed by atoms with E-state index < -0.39 is 0 Å². The van der Waals surface area contributed by atoms with Crippen LogP contribution in [0, 0.1) is 5.92 Å². The van der Waals surface area contributed by atoms with Crippen molar-refractivity contribution in [2.75, 3.05) is 18.4 Å². The first-order valence-corrected chi connectivity index (χ1v) is 5.99. The van der Waals surface area contributed by atoms with Gasteiger partial charge in [-0.1, -0.05) is 13.8 Å². The van der Waals surface area contributed by atoms with Crippen molar-refractivity contribution in [3.63, 3.8) is 0 Å². The molecule has 0 fully saturated rings. The highest BCUT2D eigenvalue weighted by atomic mass is 79.9. The Balaban J connectivity index is 2.35. The molecule has 0 atom stereocenters. The Labute approximate surface area is 104 Å². The number of aromatic nitrogens is 1. The third-order valence-electron chi connectivity index (χ3n) is 1.92. The van der Waals surface area contributed by atoms with Gasteiger partial charge in [0, 0.05) is 18.9 Å². The van der Waals surface area contributed by atoms with Crippen LogP contribution in [0.4, 0.5) is 5.69 Å². The van der Waals surface area contributed by atoms with E-state index in [2.05, 4.69) is 45.4 Å². The zero-order valence-corrected chi connectivity index (χ0v) is 11.0. The minimum Gasteiger partial charge on any atom is -0.375 e. The summed E-state index contributed by atoms with van der Waals surface area (Å²) < 4.78 is 0.853. The van der Waals surface area contributed by atoms with E-state index in [1.807, 2.05) is 6.07 Å². The van der Waals surface area contributed by atoms with Crippen LogP contribution >= 0.6 is 15.9 Å². The minimum atomic E-state index is -0.00240. The average Bonchev–Trinajstić information content (AvgIpc) is 2.25. The van der Waals surface area contributed by atoms with Gasteiger partial charge in [0.2, 0.25) is 5.91 Å². The van der Waals surface area contributed by atoms with Crippen molar-refractivity contribution in [3.05, 3.63) is 22.9 Å². The van der Waals surface area contributed by atoms with E-state index in [1.54, 1.807) is 12.4 Å². The molecule has 1 rings (SSSR count). The molecule has 1 aromatic rings.